The molecular formula is C23H18ClNO4. The Morgan fingerprint density at radius 3 is 2.62 bits per heavy atom. The molecule has 1 N–H and O–H groups in total. The minimum Gasteiger partial charge on any atom is -0.494 e. The lowest BCUT2D eigenvalue weighted by atomic mass is 10.1. The van der Waals surface area contributed by atoms with Crippen molar-refractivity contribution in [1.29, 1.82) is 0 Å². The van der Waals surface area contributed by atoms with Gasteiger partial charge in [-0.25, -0.2) is 0 Å². The largest absolute Gasteiger partial charge is 0.494 e. The van der Waals surface area contributed by atoms with Crippen LogP contribution < -0.4 is 15.5 Å². The molecule has 3 aromatic carbocycles. The Bertz CT molecular complexity index is 1260. The number of carbonyl (C=O) groups excluding carboxylic acids is 1. The summed E-state index contributed by atoms with van der Waals surface area (Å²) in [6.07, 6.45) is 0.917. The number of ether oxygens (including phenoxy) is 1. The zero-order chi connectivity index (χ0) is 20.4. The molecule has 0 aliphatic rings. The van der Waals surface area contributed by atoms with Crippen molar-refractivity contribution in [2.45, 2.75) is 13.3 Å². The molecule has 1 aromatic heterocycles. The van der Waals surface area contributed by atoms with Crippen LogP contribution in [0.2, 0.25) is 5.02 Å². The molecule has 0 unspecified atom stereocenters. The third kappa shape index (κ3) is 3.82. The fourth-order valence-electron chi connectivity index (χ4n) is 3.04. The summed E-state index contributed by atoms with van der Waals surface area (Å²) in [7, 11) is 0. The molecule has 5 nitrogen and oxygen atoms in total. The highest BCUT2D eigenvalue weighted by molar-refractivity contribution is 6.34. The monoisotopic (exact) mass is 407 g/mol. The molecule has 146 valence electrons. The van der Waals surface area contributed by atoms with Crippen molar-refractivity contribution in [2.75, 3.05) is 11.9 Å². The van der Waals surface area contributed by atoms with Gasteiger partial charge in [-0.3, -0.25) is 9.59 Å². The SMILES string of the molecule is CCCOc1ccc(C(=O)Nc2ccc3c(=O)c4cccc(Cl)c4oc3c2)cc1. The predicted octanol–water partition coefficient (Wildman–Crippen LogP) is 5.64. The van der Waals surface area contributed by atoms with Gasteiger partial charge in [-0.2, -0.15) is 0 Å². The van der Waals surface area contributed by atoms with Gasteiger partial charge in [0, 0.05) is 17.3 Å². The van der Waals surface area contributed by atoms with E-state index >= 15 is 0 Å². The Morgan fingerprint density at radius 1 is 1.07 bits per heavy atom. The molecular weight excluding hydrogens is 390 g/mol. The smallest absolute Gasteiger partial charge is 0.255 e. The summed E-state index contributed by atoms with van der Waals surface area (Å²) in [5, 5.41) is 4.03. The second-order valence-electron chi connectivity index (χ2n) is 6.59. The van der Waals surface area contributed by atoms with E-state index in [-0.39, 0.29) is 11.3 Å². The lowest BCUT2D eigenvalue weighted by Gasteiger charge is -2.08. The Morgan fingerprint density at radius 2 is 1.86 bits per heavy atom. The average molecular weight is 408 g/mol. The van der Waals surface area contributed by atoms with Gasteiger partial charge in [-0.05, 0) is 55.0 Å². The summed E-state index contributed by atoms with van der Waals surface area (Å²) in [5.41, 5.74) is 1.54. The van der Waals surface area contributed by atoms with Crippen molar-refractivity contribution in [3.05, 3.63) is 81.5 Å². The maximum absolute atomic E-state index is 12.7. The van der Waals surface area contributed by atoms with Crippen LogP contribution in [-0.4, -0.2) is 12.5 Å². The molecule has 1 amide bonds. The summed E-state index contributed by atoms with van der Waals surface area (Å²) < 4.78 is 11.4. The summed E-state index contributed by atoms with van der Waals surface area (Å²) in [4.78, 5) is 25.2. The molecule has 0 aliphatic heterocycles. The van der Waals surface area contributed by atoms with Crippen LogP contribution in [0.1, 0.15) is 23.7 Å². The van der Waals surface area contributed by atoms with Crippen LogP contribution in [-0.2, 0) is 0 Å². The molecule has 4 aromatic rings. The van der Waals surface area contributed by atoms with E-state index in [1.165, 1.54) is 0 Å². The van der Waals surface area contributed by atoms with Crippen LogP contribution in [0, 0.1) is 0 Å². The summed E-state index contributed by atoms with van der Waals surface area (Å²) >= 11 is 6.17. The van der Waals surface area contributed by atoms with E-state index in [2.05, 4.69) is 5.32 Å². The minimum absolute atomic E-state index is 0.163. The number of rotatable bonds is 5. The standard InChI is InChI=1S/C23H18ClNO4/c1-2-12-28-16-9-6-14(7-10-16)23(27)25-15-8-11-17-20(13-15)29-22-18(21(17)26)4-3-5-19(22)24/h3-11,13H,2,12H2,1H3,(H,25,27). The van der Waals surface area contributed by atoms with Crippen molar-refractivity contribution < 1.29 is 13.9 Å². The number of para-hydroxylation sites is 1. The highest BCUT2D eigenvalue weighted by Crippen LogP contribution is 2.26. The van der Waals surface area contributed by atoms with Gasteiger partial charge in [0.05, 0.1) is 22.4 Å². The van der Waals surface area contributed by atoms with Gasteiger partial charge in [0.2, 0.25) is 5.43 Å². The lowest BCUT2D eigenvalue weighted by Crippen LogP contribution is -2.12. The Kier molecular flexibility index (Phi) is 5.23. The molecule has 0 bridgehead atoms. The number of anilines is 1. The highest BCUT2D eigenvalue weighted by Gasteiger charge is 2.12. The molecule has 0 saturated carbocycles. The number of amides is 1. The normalized spacial score (nSPS) is 11.0. The van der Waals surface area contributed by atoms with E-state index in [0.29, 0.717) is 44.8 Å². The maximum atomic E-state index is 12.7. The molecule has 6 heteroatoms. The number of hydrogen-bond donors (Lipinski definition) is 1. The van der Waals surface area contributed by atoms with Crippen molar-refractivity contribution in [3.63, 3.8) is 0 Å². The van der Waals surface area contributed by atoms with Crippen molar-refractivity contribution in [1.82, 2.24) is 0 Å². The van der Waals surface area contributed by atoms with Crippen molar-refractivity contribution in [3.8, 4) is 5.75 Å². The van der Waals surface area contributed by atoms with Gasteiger partial charge < -0.3 is 14.5 Å². The van der Waals surface area contributed by atoms with E-state index in [9.17, 15) is 9.59 Å². The maximum Gasteiger partial charge on any atom is 0.255 e. The number of halogens is 1. The van der Waals surface area contributed by atoms with E-state index in [1.807, 2.05) is 6.92 Å². The molecule has 0 atom stereocenters. The van der Waals surface area contributed by atoms with Gasteiger partial charge in [0.15, 0.2) is 5.58 Å². The molecule has 0 saturated heterocycles. The fraction of sp³-hybridized carbons (Fsp3) is 0.130. The Hall–Kier alpha value is -3.31. The van der Waals surface area contributed by atoms with Crippen LogP contribution in [0.3, 0.4) is 0 Å². The van der Waals surface area contributed by atoms with Crippen molar-refractivity contribution in [2.24, 2.45) is 0 Å². The molecule has 0 aliphatic carbocycles. The van der Waals surface area contributed by atoms with Crippen LogP contribution in [0.15, 0.2) is 69.9 Å². The first kappa shape index (κ1) is 19.0. The van der Waals surface area contributed by atoms with Gasteiger partial charge in [0.1, 0.15) is 11.3 Å². The van der Waals surface area contributed by atoms with Gasteiger partial charge >= 0.3 is 0 Å². The van der Waals surface area contributed by atoms with Crippen LogP contribution in [0.25, 0.3) is 21.9 Å². The number of carbonyl (C=O) groups is 1. The van der Waals surface area contributed by atoms with Crippen LogP contribution >= 0.6 is 11.6 Å². The first-order valence-electron chi connectivity index (χ1n) is 9.26. The average Bonchev–Trinajstić information content (AvgIpc) is 2.73. The second-order valence-corrected chi connectivity index (χ2v) is 6.99. The van der Waals surface area contributed by atoms with Crippen LogP contribution in [0.5, 0.6) is 5.75 Å². The fourth-order valence-corrected chi connectivity index (χ4v) is 3.26. The van der Waals surface area contributed by atoms with Gasteiger partial charge in [-0.15, -0.1) is 0 Å². The quantitative estimate of drug-likeness (QED) is 0.434. The van der Waals surface area contributed by atoms with Gasteiger partial charge in [-0.1, -0.05) is 24.6 Å². The van der Waals surface area contributed by atoms with E-state index in [1.54, 1.807) is 60.7 Å². The van der Waals surface area contributed by atoms with E-state index < -0.39 is 0 Å². The molecule has 29 heavy (non-hydrogen) atoms. The van der Waals surface area contributed by atoms with E-state index in [0.717, 1.165) is 12.2 Å². The Balaban J connectivity index is 1.62. The third-order valence-electron chi connectivity index (χ3n) is 4.50. The van der Waals surface area contributed by atoms with Crippen LogP contribution in [0.4, 0.5) is 5.69 Å². The zero-order valence-corrected chi connectivity index (χ0v) is 16.5. The predicted molar refractivity (Wildman–Crippen MR) is 115 cm³/mol. The molecule has 0 spiro atoms. The molecule has 0 radical (unpaired) electrons. The topological polar surface area (TPSA) is 68.5 Å². The summed E-state index contributed by atoms with van der Waals surface area (Å²) in [6, 6.07) is 16.9. The highest BCUT2D eigenvalue weighted by atomic mass is 35.5. The number of hydrogen-bond acceptors (Lipinski definition) is 4. The Labute approximate surface area is 171 Å². The molecule has 1 heterocycles. The molecule has 4 rings (SSSR count). The first-order chi connectivity index (χ1) is 14.1. The van der Waals surface area contributed by atoms with Gasteiger partial charge in [0.25, 0.3) is 5.91 Å². The van der Waals surface area contributed by atoms with E-state index in [4.69, 9.17) is 20.8 Å². The second kappa shape index (κ2) is 7.97. The zero-order valence-electron chi connectivity index (χ0n) is 15.7. The minimum atomic E-state index is -0.271. The summed E-state index contributed by atoms with van der Waals surface area (Å²) in [5.74, 6) is 0.451. The van der Waals surface area contributed by atoms with Crippen molar-refractivity contribution >= 4 is 45.1 Å². The number of nitrogens with one attached hydrogen (secondary N) is 1. The summed E-state index contributed by atoms with van der Waals surface area (Å²) in [6.45, 7) is 2.66. The molecule has 0 fully saturated rings. The lowest BCUT2D eigenvalue weighted by molar-refractivity contribution is 0.102. The number of benzene rings is 3. The third-order valence-corrected chi connectivity index (χ3v) is 4.79. The number of fused-ring (bicyclic) bond motifs is 2. The first-order valence-corrected chi connectivity index (χ1v) is 9.64.